The Morgan fingerprint density at radius 3 is 2.33 bits per heavy atom. The van der Waals surface area contributed by atoms with Crippen LogP contribution >= 0.6 is 0 Å². The number of fused-ring (bicyclic) bond motifs is 1. The van der Waals surface area contributed by atoms with Crippen LogP contribution in [0, 0.1) is 0 Å². The van der Waals surface area contributed by atoms with Crippen molar-refractivity contribution in [1.29, 1.82) is 0 Å². The first-order valence-corrected chi connectivity index (χ1v) is 19.3. The summed E-state index contributed by atoms with van der Waals surface area (Å²) in [5.41, 5.74) is 0.764. The molecule has 55 heavy (non-hydrogen) atoms. The van der Waals surface area contributed by atoms with Gasteiger partial charge in [0.2, 0.25) is 11.8 Å². The molecule has 13 heteroatoms. The molecule has 3 aromatic rings. The number of piperidine rings is 1. The van der Waals surface area contributed by atoms with Gasteiger partial charge in [-0.2, -0.15) is 0 Å². The van der Waals surface area contributed by atoms with E-state index in [2.05, 4.69) is 16.0 Å². The van der Waals surface area contributed by atoms with E-state index in [-0.39, 0.29) is 41.7 Å². The van der Waals surface area contributed by atoms with Crippen molar-refractivity contribution in [2.24, 2.45) is 7.05 Å². The molecule has 1 aliphatic heterocycles. The van der Waals surface area contributed by atoms with E-state index in [1.54, 1.807) is 40.1 Å². The first-order chi connectivity index (χ1) is 26.5. The van der Waals surface area contributed by atoms with E-state index in [1.165, 1.54) is 10.6 Å². The number of likely N-dealkylation sites (tertiary alicyclic amines) is 1. The molecule has 1 saturated heterocycles. The van der Waals surface area contributed by atoms with Gasteiger partial charge in [-0.25, -0.2) is 9.59 Å². The average molecular weight is 756 g/mol. The van der Waals surface area contributed by atoms with Crippen LogP contribution in [0.5, 0.6) is 0 Å². The molecular weight excluding hydrogens is 702 g/mol. The number of hydrogen-bond donors (Lipinski definition) is 3. The lowest BCUT2D eigenvalue weighted by atomic mass is 9.62. The van der Waals surface area contributed by atoms with Crippen LogP contribution in [0.25, 0.3) is 0 Å². The number of nitrogens with zero attached hydrogens (tertiary/aromatic N) is 2. The molecule has 0 saturated carbocycles. The highest BCUT2D eigenvalue weighted by Crippen LogP contribution is 2.48. The molecule has 5 rings (SSSR count). The van der Waals surface area contributed by atoms with E-state index in [0.717, 1.165) is 11.1 Å². The van der Waals surface area contributed by atoms with Gasteiger partial charge < -0.3 is 34.9 Å². The van der Waals surface area contributed by atoms with Crippen molar-refractivity contribution in [1.82, 2.24) is 25.4 Å². The van der Waals surface area contributed by atoms with Gasteiger partial charge in [0.1, 0.15) is 11.6 Å². The first kappa shape index (κ1) is 40.7. The minimum Gasteiger partial charge on any atom is -0.464 e. The van der Waals surface area contributed by atoms with Gasteiger partial charge in [0.25, 0.3) is 11.5 Å². The molecule has 0 radical (unpaired) electrons. The highest BCUT2D eigenvalue weighted by atomic mass is 16.6. The largest absolute Gasteiger partial charge is 0.464 e. The number of aryl methyl sites for hydroxylation is 1. The number of nitrogens with one attached hydrogen (secondary N) is 3. The Balaban J connectivity index is 1.32. The summed E-state index contributed by atoms with van der Waals surface area (Å²) in [5, 5.41) is 8.72. The molecule has 2 aliphatic rings. The summed E-state index contributed by atoms with van der Waals surface area (Å²) in [4.78, 5) is 81.4. The van der Waals surface area contributed by atoms with Crippen LogP contribution in [0.1, 0.15) is 98.7 Å². The molecule has 4 amide bonds. The molecule has 3 atom stereocenters. The van der Waals surface area contributed by atoms with Crippen LogP contribution in [0.15, 0.2) is 77.7 Å². The van der Waals surface area contributed by atoms with E-state index in [4.69, 9.17) is 9.47 Å². The number of aromatic nitrogens is 1. The van der Waals surface area contributed by atoms with Crippen molar-refractivity contribution in [3.8, 4) is 0 Å². The second-order valence-electron chi connectivity index (χ2n) is 14.5. The van der Waals surface area contributed by atoms with Crippen LogP contribution in [0.2, 0.25) is 0 Å². The van der Waals surface area contributed by atoms with Crippen molar-refractivity contribution >= 4 is 29.8 Å². The van der Waals surface area contributed by atoms with Gasteiger partial charge in [-0.3, -0.25) is 19.2 Å². The van der Waals surface area contributed by atoms with Gasteiger partial charge in [-0.05, 0) is 94.5 Å². The molecule has 294 valence electrons. The monoisotopic (exact) mass is 755 g/mol. The fraction of sp³-hybridized carbons (Fsp3) is 0.476. The van der Waals surface area contributed by atoms with Crippen molar-refractivity contribution < 1.29 is 33.4 Å². The summed E-state index contributed by atoms with van der Waals surface area (Å²) < 4.78 is 11.9. The molecule has 1 aromatic heterocycles. The summed E-state index contributed by atoms with van der Waals surface area (Å²) in [6.07, 6.45) is 4.06. The van der Waals surface area contributed by atoms with Crippen LogP contribution in [-0.4, -0.2) is 83.7 Å². The normalized spacial score (nSPS) is 18.8. The Kier molecular flexibility index (Phi) is 13.9. The molecule has 0 unspecified atom stereocenters. The molecular formula is C42H53N5O8. The summed E-state index contributed by atoms with van der Waals surface area (Å²) in [6, 6.07) is 19.1. The molecule has 0 bridgehead atoms. The van der Waals surface area contributed by atoms with Gasteiger partial charge in [0.05, 0.1) is 24.0 Å². The van der Waals surface area contributed by atoms with Crippen molar-refractivity contribution in [3.63, 3.8) is 0 Å². The number of ether oxygens (including phenoxy) is 2. The number of hydrogen-bond acceptors (Lipinski definition) is 8. The van der Waals surface area contributed by atoms with Crippen LogP contribution in [0.4, 0.5) is 4.79 Å². The van der Waals surface area contributed by atoms with Crippen LogP contribution in [-0.2, 0) is 36.3 Å². The maximum atomic E-state index is 14.8. The lowest BCUT2D eigenvalue weighted by molar-refractivity contribution is -0.148. The summed E-state index contributed by atoms with van der Waals surface area (Å²) in [7, 11) is 1.60. The molecule has 1 aliphatic carbocycles. The van der Waals surface area contributed by atoms with E-state index in [0.29, 0.717) is 70.1 Å². The maximum absolute atomic E-state index is 14.8. The minimum absolute atomic E-state index is 0.0356. The number of carbonyl (C=O) groups excluding carboxylic acids is 5. The zero-order valence-corrected chi connectivity index (χ0v) is 32.2. The maximum Gasteiger partial charge on any atom is 0.407 e. The standard InChI is InChI=1S/C42H53N5O8/c1-5-54-39(51)35(19-11-12-24-43-41(53)55-28(2)3)45-40(52)42(29-14-7-6-8-15-29)23-20-32(31-16-9-10-18-34(31)42)38(50)47-26-21-30(22-27-47)44-36(48)33-17-13-25-46(4)37(33)49/h6-10,13-18,25,28,30,32,35H,5,11-12,19-24,26-27H2,1-4H3,(H,43,53)(H,44,48)(H,45,52)/t32-,35+,42+/m0/s1. The Bertz CT molecular complexity index is 1890. The molecule has 3 N–H and O–H groups in total. The van der Waals surface area contributed by atoms with Crippen LogP contribution in [0.3, 0.4) is 0 Å². The number of amides is 4. The topological polar surface area (TPSA) is 165 Å². The predicted octanol–water partition coefficient (Wildman–Crippen LogP) is 4.32. The summed E-state index contributed by atoms with van der Waals surface area (Å²) in [5.74, 6) is -1.83. The van der Waals surface area contributed by atoms with Gasteiger partial charge in [0.15, 0.2) is 0 Å². The van der Waals surface area contributed by atoms with Crippen molar-refractivity contribution in [3.05, 3.63) is 106 Å². The van der Waals surface area contributed by atoms with E-state index >= 15 is 0 Å². The van der Waals surface area contributed by atoms with E-state index in [9.17, 15) is 28.8 Å². The third kappa shape index (κ3) is 9.62. The minimum atomic E-state index is -1.19. The average Bonchev–Trinajstić information content (AvgIpc) is 3.18. The Morgan fingerprint density at radius 1 is 0.909 bits per heavy atom. The van der Waals surface area contributed by atoms with Crippen LogP contribution < -0.4 is 21.5 Å². The molecule has 2 heterocycles. The summed E-state index contributed by atoms with van der Waals surface area (Å²) >= 11 is 0. The van der Waals surface area contributed by atoms with E-state index < -0.39 is 35.3 Å². The zero-order valence-electron chi connectivity index (χ0n) is 32.2. The van der Waals surface area contributed by atoms with Gasteiger partial charge in [0, 0.05) is 38.9 Å². The Hall–Kier alpha value is -5.46. The summed E-state index contributed by atoms with van der Waals surface area (Å²) in [6.45, 7) is 6.64. The zero-order chi connectivity index (χ0) is 39.5. The fourth-order valence-electron chi connectivity index (χ4n) is 7.68. The number of esters is 1. The highest BCUT2D eigenvalue weighted by Gasteiger charge is 2.49. The smallest absolute Gasteiger partial charge is 0.407 e. The predicted molar refractivity (Wildman–Crippen MR) is 206 cm³/mol. The highest BCUT2D eigenvalue weighted by molar-refractivity contribution is 5.97. The second-order valence-corrected chi connectivity index (χ2v) is 14.5. The molecule has 1 fully saturated rings. The first-order valence-electron chi connectivity index (χ1n) is 19.3. The van der Waals surface area contributed by atoms with Crippen molar-refractivity contribution in [2.45, 2.75) is 95.2 Å². The number of pyridine rings is 1. The van der Waals surface area contributed by atoms with Gasteiger partial charge >= 0.3 is 12.1 Å². The number of rotatable bonds is 14. The number of carbonyl (C=O) groups is 5. The van der Waals surface area contributed by atoms with E-state index in [1.807, 2.05) is 59.5 Å². The number of alkyl carbamates (subject to hydrolysis) is 1. The quantitative estimate of drug-likeness (QED) is 0.162. The van der Waals surface area contributed by atoms with Crippen molar-refractivity contribution in [2.75, 3.05) is 26.2 Å². The van der Waals surface area contributed by atoms with Gasteiger partial charge in [-0.1, -0.05) is 54.6 Å². The SMILES string of the molecule is CCOC(=O)[C@@H](CCCCNC(=O)OC(C)C)NC(=O)[C@@]1(c2ccccc2)CC[C@H](C(=O)N2CCC(NC(=O)c3cccn(C)c3=O)CC2)c2ccccc21. The van der Waals surface area contributed by atoms with Gasteiger partial charge in [-0.15, -0.1) is 0 Å². The third-order valence-corrected chi connectivity index (χ3v) is 10.5. The Labute approximate surface area is 322 Å². The third-order valence-electron chi connectivity index (χ3n) is 10.5. The molecule has 13 nitrogen and oxygen atoms in total. The fourth-order valence-corrected chi connectivity index (χ4v) is 7.68. The molecule has 2 aromatic carbocycles. The second kappa shape index (κ2) is 18.7. The molecule has 0 spiro atoms. The lowest BCUT2D eigenvalue weighted by Crippen LogP contribution is -2.54. The Morgan fingerprint density at radius 2 is 1.62 bits per heavy atom. The number of unbranched alkanes of at least 4 members (excludes halogenated alkanes) is 1. The lowest BCUT2D eigenvalue weighted by Gasteiger charge is -2.43. The number of benzene rings is 2.